The van der Waals surface area contributed by atoms with E-state index in [1.807, 2.05) is 0 Å². The molecule has 3 saturated heterocycles. The zero-order valence-corrected chi connectivity index (χ0v) is 17.6. The van der Waals surface area contributed by atoms with Crippen molar-refractivity contribution >= 4 is 0 Å². The first-order chi connectivity index (χ1) is 15.5. The van der Waals surface area contributed by atoms with Crippen LogP contribution < -0.4 is 0 Å². The van der Waals surface area contributed by atoms with Crippen molar-refractivity contribution in [2.45, 2.75) is 99.0 Å². The van der Waals surface area contributed by atoms with E-state index in [1.165, 1.54) is 6.92 Å². The number of aliphatic hydroxyl groups excluding tert-OH is 10. The predicted octanol–water partition coefficient (Wildman–Crippen LogP) is -6.55. The van der Waals surface area contributed by atoms with Crippen molar-refractivity contribution in [1.29, 1.82) is 0 Å². The average Bonchev–Trinajstić information content (AvgIpc) is 2.79. The molecule has 0 spiro atoms. The number of aliphatic hydroxyl groups is 10. The minimum Gasteiger partial charge on any atom is -0.394 e. The van der Waals surface area contributed by atoms with Gasteiger partial charge in [-0.3, -0.25) is 0 Å². The largest absolute Gasteiger partial charge is 0.394 e. The Bertz CT molecular complexity index is 622. The molecule has 10 N–H and O–H groups in total. The van der Waals surface area contributed by atoms with E-state index in [2.05, 4.69) is 0 Å². The summed E-state index contributed by atoms with van der Waals surface area (Å²) in [5.74, 6) is 0. The van der Waals surface area contributed by atoms with Gasteiger partial charge in [0, 0.05) is 0 Å². The van der Waals surface area contributed by atoms with Crippen LogP contribution in [0.25, 0.3) is 0 Å². The zero-order valence-electron chi connectivity index (χ0n) is 17.6. The molecule has 3 aliphatic rings. The van der Waals surface area contributed by atoms with E-state index in [1.54, 1.807) is 0 Å². The smallest absolute Gasteiger partial charge is 0.187 e. The summed E-state index contributed by atoms with van der Waals surface area (Å²) in [6, 6.07) is 0. The van der Waals surface area contributed by atoms with Gasteiger partial charge in [0.1, 0.15) is 67.1 Å². The quantitative estimate of drug-likeness (QED) is 0.167. The molecule has 0 radical (unpaired) electrons. The summed E-state index contributed by atoms with van der Waals surface area (Å²) >= 11 is 0. The maximum absolute atomic E-state index is 10.6. The molecule has 0 aromatic carbocycles. The van der Waals surface area contributed by atoms with Gasteiger partial charge in [-0.1, -0.05) is 0 Å². The molecule has 0 amide bonds. The first kappa shape index (κ1) is 27.0. The normalized spacial score (nSPS) is 53.7. The second-order valence-corrected chi connectivity index (χ2v) is 8.32. The van der Waals surface area contributed by atoms with Gasteiger partial charge in [0.2, 0.25) is 0 Å². The number of hydrogen-bond acceptors (Lipinski definition) is 15. The standard InChI is InChI=1S/C18H32O15/c1-4-7(21)14(32-17-12(26)10(24)8(22)5(2-19)30-17)15(16(28)29-4)33-18-13(27)11(25)9(23)6(3-20)31-18/h4-28H,2-3H2,1H3/t4-,5-,6-,7+,8-,9-,10+,11+,12-,13-,14+,15-,16?,17+,18+/m1/s1. The van der Waals surface area contributed by atoms with Gasteiger partial charge >= 0.3 is 0 Å². The van der Waals surface area contributed by atoms with Crippen molar-refractivity contribution in [3.8, 4) is 0 Å². The molecule has 0 saturated carbocycles. The van der Waals surface area contributed by atoms with Crippen LogP contribution in [0, 0.1) is 0 Å². The summed E-state index contributed by atoms with van der Waals surface area (Å²) in [4.78, 5) is 0. The lowest BCUT2D eigenvalue weighted by Crippen LogP contribution is -2.66. The van der Waals surface area contributed by atoms with E-state index in [-0.39, 0.29) is 0 Å². The molecular formula is C18H32O15. The Kier molecular flexibility index (Phi) is 8.99. The van der Waals surface area contributed by atoms with E-state index < -0.39 is 105 Å². The molecule has 0 aromatic heterocycles. The van der Waals surface area contributed by atoms with Gasteiger partial charge in [0.15, 0.2) is 18.9 Å². The molecule has 0 aliphatic carbocycles. The van der Waals surface area contributed by atoms with Crippen molar-refractivity contribution in [3.05, 3.63) is 0 Å². The van der Waals surface area contributed by atoms with E-state index in [0.717, 1.165) is 0 Å². The Balaban J connectivity index is 1.80. The van der Waals surface area contributed by atoms with Crippen LogP contribution in [0.15, 0.2) is 0 Å². The molecular weight excluding hydrogens is 456 g/mol. The maximum atomic E-state index is 10.6. The molecule has 3 rings (SSSR count). The number of rotatable bonds is 6. The summed E-state index contributed by atoms with van der Waals surface area (Å²) in [7, 11) is 0. The minimum atomic E-state index is -1.83. The third-order valence-electron chi connectivity index (χ3n) is 6.06. The number of ether oxygens (including phenoxy) is 5. The third kappa shape index (κ3) is 5.32. The molecule has 15 nitrogen and oxygen atoms in total. The first-order valence-corrected chi connectivity index (χ1v) is 10.4. The number of hydrogen-bond donors (Lipinski definition) is 10. The van der Waals surface area contributed by atoms with Crippen LogP contribution >= 0.6 is 0 Å². The second kappa shape index (κ2) is 11.0. The highest BCUT2D eigenvalue weighted by Crippen LogP contribution is 2.32. The summed E-state index contributed by atoms with van der Waals surface area (Å²) in [6.07, 6.45) is -24.1. The molecule has 15 heteroatoms. The fourth-order valence-electron chi connectivity index (χ4n) is 3.97. The van der Waals surface area contributed by atoms with Gasteiger partial charge in [-0.2, -0.15) is 0 Å². The van der Waals surface area contributed by atoms with Crippen LogP contribution in [0.5, 0.6) is 0 Å². The van der Waals surface area contributed by atoms with Gasteiger partial charge < -0.3 is 74.7 Å². The van der Waals surface area contributed by atoms with Crippen LogP contribution in [-0.4, -0.2) is 156 Å². The molecule has 33 heavy (non-hydrogen) atoms. The van der Waals surface area contributed by atoms with Gasteiger partial charge in [-0.15, -0.1) is 0 Å². The summed E-state index contributed by atoms with van der Waals surface area (Å²) < 4.78 is 26.8. The topological polar surface area (TPSA) is 248 Å². The van der Waals surface area contributed by atoms with Crippen molar-refractivity contribution in [2.75, 3.05) is 13.2 Å². The lowest BCUT2D eigenvalue weighted by atomic mass is 9.96. The monoisotopic (exact) mass is 488 g/mol. The van der Waals surface area contributed by atoms with E-state index in [9.17, 15) is 51.1 Å². The van der Waals surface area contributed by atoms with Crippen LogP contribution in [0.4, 0.5) is 0 Å². The summed E-state index contributed by atoms with van der Waals surface area (Å²) in [5.41, 5.74) is 0. The van der Waals surface area contributed by atoms with Crippen LogP contribution in [0.1, 0.15) is 6.92 Å². The Hall–Kier alpha value is -0.600. The fraction of sp³-hybridized carbons (Fsp3) is 1.00. The fourth-order valence-corrected chi connectivity index (χ4v) is 3.97. The molecule has 1 unspecified atom stereocenters. The third-order valence-corrected chi connectivity index (χ3v) is 6.06. The molecule has 0 aromatic rings. The van der Waals surface area contributed by atoms with Crippen molar-refractivity contribution < 1.29 is 74.7 Å². The van der Waals surface area contributed by atoms with E-state index in [0.29, 0.717) is 0 Å². The lowest BCUT2D eigenvalue weighted by molar-refractivity contribution is -0.385. The Morgan fingerprint density at radius 3 is 1.39 bits per heavy atom. The Morgan fingerprint density at radius 1 is 0.545 bits per heavy atom. The highest BCUT2D eigenvalue weighted by atomic mass is 16.8. The average molecular weight is 488 g/mol. The first-order valence-electron chi connectivity index (χ1n) is 10.4. The summed E-state index contributed by atoms with van der Waals surface area (Å²) in [6.45, 7) is -0.0778. The minimum absolute atomic E-state index is 0.731. The Morgan fingerprint density at radius 2 is 0.970 bits per heavy atom. The van der Waals surface area contributed by atoms with Crippen molar-refractivity contribution in [3.63, 3.8) is 0 Å². The molecule has 15 atom stereocenters. The van der Waals surface area contributed by atoms with Crippen LogP contribution in [-0.2, 0) is 23.7 Å². The highest BCUT2D eigenvalue weighted by Gasteiger charge is 2.53. The second-order valence-electron chi connectivity index (χ2n) is 8.32. The van der Waals surface area contributed by atoms with Crippen molar-refractivity contribution in [2.24, 2.45) is 0 Å². The molecule has 3 heterocycles. The van der Waals surface area contributed by atoms with Gasteiger partial charge in [0.05, 0.1) is 19.3 Å². The molecule has 3 aliphatic heterocycles. The van der Waals surface area contributed by atoms with Gasteiger partial charge in [0.25, 0.3) is 0 Å². The predicted molar refractivity (Wildman–Crippen MR) is 99.8 cm³/mol. The van der Waals surface area contributed by atoms with Gasteiger partial charge in [-0.05, 0) is 6.92 Å². The maximum Gasteiger partial charge on any atom is 0.187 e. The van der Waals surface area contributed by atoms with Crippen molar-refractivity contribution in [1.82, 2.24) is 0 Å². The highest BCUT2D eigenvalue weighted by molar-refractivity contribution is 4.95. The van der Waals surface area contributed by atoms with Gasteiger partial charge in [-0.25, -0.2) is 0 Å². The molecule has 0 bridgehead atoms. The van der Waals surface area contributed by atoms with Crippen LogP contribution in [0.3, 0.4) is 0 Å². The van der Waals surface area contributed by atoms with E-state index >= 15 is 0 Å². The lowest BCUT2D eigenvalue weighted by Gasteiger charge is -2.48. The summed E-state index contributed by atoms with van der Waals surface area (Å²) in [5, 5.41) is 99.9. The zero-order chi connectivity index (χ0) is 24.6. The SMILES string of the molecule is C[C@H]1OC(O)[C@H](O[C@@H]2O[C@H](CO)[C@@H](O)[C@H](O)[C@H]2O)[C@@H](O[C@@H]2O[C@H](CO)[C@@H](O)[C@H](O)[C@H]2O)[C@H]1O. The van der Waals surface area contributed by atoms with E-state index in [4.69, 9.17) is 23.7 Å². The Labute approximate surface area is 187 Å². The molecule has 3 fully saturated rings. The van der Waals surface area contributed by atoms with Crippen LogP contribution in [0.2, 0.25) is 0 Å². The molecule has 194 valence electrons.